The quantitative estimate of drug-likeness (QED) is 0.524. The zero-order valence-electron chi connectivity index (χ0n) is 6.41. The number of fused-ring (bicyclic) bond motifs is 1. The Morgan fingerprint density at radius 1 is 1.31 bits per heavy atom. The zero-order chi connectivity index (χ0) is 9.26. The summed E-state index contributed by atoms with van der Waals surface area (Å²) in [6, 6.07) is 7.02. The monoisotopic (exact) mass is 179 g/mol. The number of hydrogen-bond acceptors (Lipinski definition) is 4. The Morgan fingerprint density at radius 2 is 1.85 bits per heavy atom. The summed E-state index contributed by atoms with van der Waals surface area (Å²) in [5.74, 6) is 0. The second kappa shape index (κ2) is 2.70. The highest BCUT2D eigenvalue weighted by molar-refractivity contribution is 5.72. The van der Waals surface area contributed by atoms with Crippen LogP contribution in [0.2, 0.25) is 0 Å². The molecule has 1 N–H and O–H groups in total. The molecule has 0 unspecified atom stereocenters. The van der Waals surface area contributed by atoms with E-state index in [0.717, 1.165) is 4.91 Å². The van der Waals surface area contributed by atoms with Crippen LogP contribution in [0.3, 0.4) is 0 Å². The summed E-state index contributed by atoms with van der Waals surface area (Å²) in [6.07, 6.45) is 0. The number of nitrogens with zero attached hydrogens (tertiary/aromatic N) is 4. The Kier molecular flexibility index (Phi) is 1.55. The lowest BCUT2D eigenvalue weighted by Gasteiger charge is -1.90. The molecule has 2 aromatic rings. The molecule has 0 radical (unpaired) electrons. The number of rotatable bonds is 2. The van der Waals surface area contributed by atoms with Crippen molar-refractivity contribution in [2.45, 2.75) is 0 Å². The summed E-state index contributed by atoms with van der Waals surface area (Å²) in [5, 5.41) is 16.9. The molecule has 2 rings (SSSR count). The summed E-state index contributed by atoms with van der Waals surface area (Å²) in [7, 11) is 0. The third-order valence-corrected chi connectivity index (χ3v) is 1.46. The van der Waals surface area contributed by atoms with Gasteiger partial charge in [0.25, 0.3) is 0 Å². The van der Waals surface area contributed by atoms with E-state index in [0.29, 0.717) is 11.0 Å². The van der Waals surface area contributed by atoms with E-state index in [4.69, 9.17) is 0 Å². The highest BCUT2D eigenvalue weighted by Gasteiger charge is 2.06. The van der Waals surface area contributed by atoms with Gasteiger partial charge >= 0.3 is 0 Å². The molecule has 0 saturated heterocycles. The van der Waals surface area contributed by atoms with E-state index in [1.165, 1.54) is 0 Å². The third kappa shape index (κ3) is 1.39. The predicted molar refractivity (Wildman–Crippen MR) is 43.9 cm³/mol. The van der Waals surface area contributed by atoms with Gasteiger partial charge in [-0.2, -0.15) is 0 Å². The molecule has 7 nitrogen and oxygen atoms in total. The topological polar surface area (TPSA) is 85.9 Å². The van der Waals surface area contributed by atoms with Crippen molar-refractivity contribution in [3.63, 3.8) is 0 Å². The molecule has 0 saturated carbocycles. The van der Waals surface area contributed by atoms with Crippen LogP contribution in [-0.4, -0.2) is 20.1 Å². The van der Waals surface area contributed by atoms with Crippen LogP contribution in [0, 0.1) is 10.1 Å². The van der Waals surface area contributed by atoms with Gasteiger partial charge in [0.05, 0.1) is 9.94 Å². The van der Waals surface area contributed by atoms with Gasteiger partial charge in [-0.25, -0.2) is 0 Å². The number of nitro groups is 1. The maximum Gasteiger partial charge on any atom is 0.141 e. The van der Waals surface area contributed by atoms with Gasteiger partial charge in [-0.1, -0.05) is 12.1 Å². The molecule has 0 aliphatic rings. The standard InChI is InChI=1S/C6H5N5O2/c12-11(13)9-10-7-5-3-1-2-4-6(5)8-10/h1-4,9H. The Hall–Kier alpha value is -2.18. The second-order valence-electron chi connectivity index (χ2n) is 2.34. The first-order valence-corrected chi connectivity index (χ1v) is 3.49. The van der Waals surface area contributed by atoms with Crippen molar-refractivity contribution in [1.82, 2.24) is 15.1 Å². The number of hydrazine groups is 1. The van der Waals surface area contributed by atoms with Crippen molar-refractivity contribution in [2.24, 2.45) is 0 Å². The molecule has 1 heterocycles. The predicted octanol–water partition coefficient (Wildman–Crippen LogP) is 0.166. The first-order chi connectivity index (χ1) is 6.25. The molecule has 0 atom stereocenters. The first kappa shape index (κ1) is 7.47. The fourth-order valence-corrected chi connectivity index (χ4v) is 0.977. The largest absolute Gasteiger partial charge is 0.339 e. The normalized spacial score (nSPS) is 10.2. The lowest BCUT2D eigenvalue weighted by Crippen LogP contribution is -2.23. The molecule has 0 spiro atoms. The maximum atomic E-state index is 10.0. The molecule has 66 valence electrons. The van der Waals surface area contributed by atoms with E-state index >= 15 is 0 Å². The summed E-state index contributed by atoms with van der Waals surface area (Å²) in [4.78, 5) is 10.9. The van der Waals surface area contributed by atoms with Crippen LogP contribution in [0.5, 0.6) is 0 Å². The number of nitrogens with one attached hydrogen (secondary N) is 1. The summed E-state index contributed by atoms with van der Waals surface area (Å²) >= 11 is 0. The average molecular weight is 179 g/mol. The first-order valence-electron chi connectivity index (χ1n) is 3.49. The fraction of sp³-hybridized carbons (Fsp3) is 0. The molecule has 0 aliphatic heterocycles. The van der Waals surface area contributed by atoms with Crippen LogP contribution < -0.4 is 5.53 Å². The molecule has 13 heavy (non-hydrogen) atoms. The van der Waals surface area contributed by atoms with Gasteiger partial charge in [0.2, 0.25) is 0 Å². The minimum atomic E-state index is -0.723. The molecule has 1 aromatic carbocycles. The molecular weight excluding hydrogens is 174 g/mol. The maximum absolute atomic E-state index is 10.0. The Labute approximate surface area is 72.1 Å². The molecule has 7 heteroatoms. The Bertz CT molecular complexity index is 418. The summed E-state index contributed by atoms with van der Waals surface area (Å²) < 4.78 is 0. The van der Waals surface area contributed by atoms with Crippen molar-refractivity contribution >= 4 is 11.0 Å². The van der Waals surface area contributed by atoms with E-state index in [1.807, 2.05) is 5.53 Å². The lowest BCUT2D eigenvalue weighted by molar-refractivity contribution is -0.464. The van der Waals surface area contributed by atoms with Crippen LogP contribution in [0.15, 0.2) is 24.3 Å². The van der Waals surface area contributed by atoms with Crippen molar-refractivity contribution < 1.29 is 5.03 Å². The van der Waals surface area contributed by atoms with Crippen LogP contribution >= 0.6 is 0 Å². The number of hydrogen-bond donors (Lipinski definition) is 1. The van der Waals surface area contributed by atoms with Crippen molar-refractivity contribution in [1.29, 1.82) is 0 Å². The lowest BCUT2D eigenvalue weighted by atomic mass is 10.3. The molecule has 0 aliphatic carbocycles. The highest BCUT2D eigenvalue weighted by Crippen LogP contribution is 2.05. The Balaban J connectivity index is 2.44. The van der Waals surface area contributed by atoms with E-state index in [2.05, 4.69) is 10.2 Å². The van der Waals surface area contributed by atoms with E-state index in [9.17, 15) is 10.1 Å². The molecule has 1 aromatic heterocycles. The van der Waals surface area contributed by atoms with Crippen LogP contribution in [0.1, 0.15) is 0 Å². The molecule has 0 fully saturated rings. The van der Waals surface area contributed by atoms with Gasteiger partial charge in [0.1, 0.15) is 11.0 Å². The second-order valence-corrected chi connectivity index (χ2v) is 2.34. The van der Waals surface area contributed by atoms with Gasteiger partial charge in [-0.3, -0.25) is 0 Å². The van der Waals surface area contributed by atoms with Gasteiger partial charge < -0.3 is 10.1 Å². The van der Waals surface area contributed by atoms with Gasteiger partial charge in [-0.05, 0) is 27.9 Å². The minimum absolute atomic E-state index is 0.608. The van der Waals surface area contributed by atoms with Crippen molar-refractivity contribution in [3.8, 4) is 0 Å². The van der Waals surface area contributed by atoms with Crippen molar-refractivity contribution in [2.75, 3.05) is 5.53 Å². The van der Waals surface area contributed by atoms with Crippen LogP contribution in [-0.2, 0) is 0 Å². The highest BCUT2D eigenvalue weighted by atomic mass is 16.7. The number of aromatic nitrogens is 3. The SMILES string of the molecule is O=[N+]([O-])Nn1nc2ccccc2n1. The van der Waals surface area contributed by atoms with Gasteiger partial charge in [0.15, 0.2) is 0 Å². The minimum Gasteiger partial charge on any atom is -0.339 e. The van der Waals surface area contributed by atoms with Gasteiger partial charge in [0, 0.05) is 0 Å². The third-order valence-electron chi connectivity index (χ3n) is 1.46. The Morgan fingerprint density at radius 3 is 2.31 bits per heavy atom. The van der Waals surface area contributed by atoms with Crippen LogP contribution in [0.25, 0.3) is 11.0 Å². The van der Waals surface area contributed by atoms with Crippen LogP contribution in [0.4, 0.5) is 0 Å². The number of benzene rings is 1. The van der Waals surface area contributed by atoms with E-state index in [-0.39, 0.29) is 0 Å². The zero-order valence-corrected chi connectivity index (χ0v) is 6.41. The van der Waals surface area contributed by atoms with E-state index in [1.54, 1.807) is 24.3 Å². The molecular formula is C6H5N5O2. The summed E-state index contributed by atoms with van der Waals surface area (Å²) in [6.45, 7) is 0. The van der Waals surface area contributed by atoms with Gasteiger partial charge in [-0.15, -0.1) is 0 Å². The average Bonchev–Trinajstić information content (AvgIpc) is 2.44. The summed E-state index contributed by atoms with van der Waals surface area (Å²) in [5.41, 5.74) is 3.03. The van der Waals surface area contributed by atoms with E-state index < -0.39 is 5.03 Å². The van der Waals surface area contributed by atoms with Crippen molar-refractivity contribution in [3.05, 3.63) is 34.4 Å². The molecule has 0 amide bonds. The molecule has 0 bridgehead atoms. The smallest absolute Gasteiger partial charge is 0.141 e. The fourth-order valence-electron chi connectivity index (χ4n) is 0.977.